The van der Waals surface area contributed by atoms with Crippen molar-refractivity contribution in [3.05, 3.63) is 102 Å². The van der Waals surface area contributed by atoms with Gasteiger partial charge in [-0.25, -0.2) is 23.0 Å². The highest BCUT2D eigenvalue weighted by Crippen LogP contribution is 2.30. The van der Waals surface area contributed by atoms with E-state index in [1.807, 2.05) is 13.8 Å². The van der Waals surface area contributed by atoms with E-state index in [1.54, 1.807) is 60.7 Å². The zero-order chi connectivity index (χ0) is 26.7. The molecule has 1 atom stereocenters. The molecule has 4 aromatic rings. The lowest BCUT2D eigenvalue weighted by Gasteiger charge is -2.14. The lowest BCUT2D eigenvalue weighted by molar-refractivity contribution is 0.0675. The number of benzene rings is 3. The van der Waals surface area contributed by atoms with Crippen molar-refractivity contribution in [2.45, 2.75) is 42.7 Å². The number of hydrogen-bond acceptors (Lipinski definition) is 5. The Bertz CT molecular complexity index is 1560. The van der Waals surface area contributed by atoms with Crippen LogP contribution in [-0.4, -0.2) is 40.1 Å². The Balaban J connectivity index is 1.80. The summed E-state index contributed by atoms with van der Waals surface area (Å²) >= 11 is 0. The zero-order valence-electron chi connectivity index (χ0n) is 20.3. The van der Waals surface area contributed by atoms with E-state index in [-0.39, 0.29) is 28.6 Å². The average molecular weight is 519 g/mol. The number of rotatable bonds is 9. The number of sulfone groups is 1. The molecule has 4 rings (SSSR count). The summed E-state index contributed by atoms with van der Waals surface area (Å²) in [5.74, 6) is -2.24. The first-order valence-corrected chi connectivity index (χ1v) is 13.2. The maximum atomic E-state index is 13.4. The molecule has 0 fully saturated rings. The van der Waals surface area contributed by atoms with Gasteiger partial charge in [-0.05, 0) is 41.3 Å². The molecule has 1 heterocycles. The van der Waals surface area contributed by atoms with E-state index in [2.05, 4.69) is 4.98 Å². The highest BCUT2D eigenvalue weighted by atomic mass is 32.2. The van der Waals surface area contributed by atoms with Crippen molar-refractivity contribution in [3.8, 4) is 11.1 Å². The van der Waals surface area contributed by atoms with Crippen LogP contribution in [0.3, 0.4) is 0 Å². The largest absolute Gasteiger partial charge is 0.478 e. The van der Waals surface area contributed by atoms with Crippen LogP contribution in [-0.2, 0) is 16.4 Å². The summed E-state index contributed by atoms with van der Waals surface area (Å²) in [5.41, 5.74) is 1.75. The molecule has 1 unspecified atom stereocenters. The molecule has 190 valence electrons. The quantitative estimate of drug-likeness (QED) is 0.306. The second kappa shape index (κ2) is 10.4. The third-order valence-electron chi connectivity index (χ3n) is 6.29. The predicted octanol–water partition coefficient (Wildman–Crippen LogP) is 5.34. The van der Waals surface area contributed by atoms with Crippen molar-refractivity contribution in [1.82, 2.24) is 9.55 Å². The Morgan fingerprint density at radius 2 is 1.51 bits per heavy atom. The first-order chi connectivity index (χ1) is 17.6. The van der Waals surface area contributed by atoms with Crippen LogP contribution in [0.1, 0.15) is 58.4 Å². The highest BCUT2D eigenvalue weighted by molar-refractivity contribution is 7.91. The zero-order valence-corrected chi connectivity index (χ0v) is 21.1. The minimum absolute atomic E-state index is 0.0284. The lowest BCUT2D eigenvalue weighted by Crippen LogP contribution is -2.16. The molecule has 0 amide bonds. The van der Waals surface area contributed by atoms with Gasteiger partial charge in [0.05, 0.1) is 10.5 Å². The van der Waals surface area contributed by atoms with Gasteiger partial charge in [-0.15, -0.1) is 0 Å². The molecule has 0 radical (unpaired) electrons. The average Bonchev–Trinajstić information content (AvgIpc) is 3.29. The third-order valence-corrected chi connectivity index (χ3v) is 7.98. The lowest BCUT2D eigenvalue weighted by atomic mass is 9.98. The second-order valence-corrected chi connectivity index (χ2v) is 10.6. The van der Waals surface area contributed by atoms with Crippen molar-refractivity contribution in [1.29, 1.82) is 0 Å². The fourth-order valence-corrected chi connectivity index (χ4v) is 5.57. The molecule has 2 N–H and O–H groups in total. The molecule has 9 heteroatoms. The Kier molecular flexibility index (Phi) is 7.26. The molecule has 0 spiro atoms. The third kappa shape index (κ3) is 5.03. The van der Waals surface area contributed by atoms with E-state index in [0.717, 1.165) is 0 Å². The van der Waals surface area contributed by atoms with Gasteiger partial charge in [0.2, 0.25) is 9.84 Å². The van der Waals surface area contributed by atoms with Crippen LogP contribution < -0.4 is 0 Å². The van der Waals surface area contributed by atoms with Gasteiger partial charge in [0.25, 0.3) is 0 Å². The number of carboxylic acids is 2. The molecule has 8 nitrogen and oxygen atoms in total. The van der Waals surface area contributed by atoms with E-state index >= 15 is 0 Å². The maximum Gasteiger partial charge on any atom is 0.355 e. The van der Waals surface area contributed by atoms with Crippen molar-refractivity contribution in [3.63, 3.8) is 0 Å². The van der Waals surface area contributed by atoms with Gasteiger partial charge in [0, 0.05) is 12.5 Å². The van der Waals surface area contributed by atoms with E-state index in [0.29, 0.717) is 28.9 Å². The van der Waals surface area contributed by atoms with Gasteiger partial charge in [-0.2, -0.15) is 0 Å². The molecule has 0 bridgehead atoms. The summed E-state index contributed by atoms with van der Waals surface area (Å²) in [4.78, 5) is 28.3. The highest BCUT2D eigenvalue weighted by Gasteiger charge is 2.33. The number of carbonyl (C=O) groups is 2. The molecule has 37 heavy (non-hydrogen) atoms. The van der Waals surface area contributed by atoms with Crippen molar-refractivity contribution < 1.29 is 28.2 Å². The number of aromatic nitrogens is 2. The van der Waals surface area contributed by atoms with E-state index in [1.165, 1.54) is 22.8 Å². The molecule has 0 saturated carbocycles. The summed E-state index contributed by atoms with van der Waals surface area (Å²) in [6.45, 7) is 3.87. The minimum atomic E-state index is -4.17. The molecule has 0 aliphatic heterocycles. The maximum absolute atomic E-state index is 13.4. The number of aromatic carboxylic acids is 2. The van der Waals surface area contributed by atoms with Gasteiger partial charge in [0.1, 0.15) is 5.82 Å². The van der Waals surface area contributed by atoms with Crippen molar-refractivity contribution >= 4 is 21.8 Å². The normalized spacial score (nSPS) is 12.3. The van der Waals surface area contributed by atoms with Gasteiger partial charge < -0.3 is 14.8 Å². The molecule has 0 aliphatic rings. The molecule has 0 aliphatic carbocycles. The van der Waals surface area contributed by atoms with Crippen LogP contribution in [0.5, 0.6) is 0 Å². The van der Waals surface area contributed by atoms with Gasteiger partial charge >= 0.3 is 11.9 Å². The topological polar surface area (TPSA) is 127 Å². The fourth-order valence-electron chi connectivity index (χ4n) is 4.17. The Hall–Kier alpha value is -4.24. The Morgan fingerprint density at radius 3 is 2.11 bits per heavy atom. The Labute approximate surface area is 214 Å². The number of carboxylic acid groups (broad SMARTS) is 2. The molecule has 0 saturated heterocycles. The molecule has 3 aromatic carbocycles. The standard InChI is InChI=1S/C28H26N2O6S/c1-3-18(2)25-29-26(37(35,36)21-9-5-4-6-10-21)24(28(33)34)30(25)17-19-13-15-20(16-14-19)22-11-7-8-12-23(22)27(31)32/h4-16,18H,3,17H2,1-2H3,(H,31,32)(H,33,34). The van der Waals surface area contributed by atoms with E-state index in [4.69, 9.17) is 0 Å². The summed E-state index contributed by atoms with van der Waals surface area (Å²) in [6.07, 6.45) is 0.631. The van der Waals surface area contributed by atoms with Crippen LogP contribution in [0, 0.1) is 0 Å². The van der Waals surface area contributed by atoms with E-state index < -0.39 is 26.8 Å². The Morgan fingerprint density at radius 1 is 0.892 bits per heavy atom. The predicted molar refractivity (Wildman–Crippen MR) is 138 cm³/mol. The van der Waals surface area contributed by atoms with E-state index in [9.17, 15) is 28.2 Å². The first kappa shape index (κ1) is 25.8. The summed E-state index contributed by atoms with van der Waals surface area (Å²) in [6, 6.07) is 21.4. The van der Waals surface area contributed by atoms with Gasteiger partial charge in [-0.3, -0.25) is 0 Å². The summed E-state index contributed by atoms with van der Waals surface area (Å²) in [5, 5.41) is 19.1. The SMILES string of the molecule is CCC(C)c1nc(S(=O)(=O)c2ccccc2)c(C(=O)O)n1Cc1ccc(-c2ccccc2C(=O)O)cc1. The van der Waals surface area contributed by atoms with Gasteiger partial charge in [0.15, 0.2) is 10.7 Å². The smallest absolute Gasteiger partial charge is 0.355 e. The minimum Gasteiger partial charge on any atom is -0.478 e. The van der Waals surface area contributed by atoms with Crippen molar-refractivity contribution in [2.24, 2.45) is 0 Å². The second-order valence-electron chi connectivity index (χ2n) is 8.69. The van der Waals surface area contributed by atoms with Crippen molar-refractivity contribution in [2.75, 3.05) is 0 Å². The molecular formula is C28H26N2O6S. The van der Waals surface area contributed by atoms with Crippen LogP contribution in [0.2, 0.25) is 0 Å². The number of hydrogen-bond donors (Lipinski definition) is 2. The van der Waals surface area contributed by atoms with Crippen LogP contribution >= 0.6 is 0 Å². The molecular weight excluding hydrogens is 492 g/mol. The monoisotopic (exact) mass is 518 g/mol. The summed E-state index contributed by atoms with van der Waals surface area (Å²) < 4.78 is 28.2. The summed E-state index contributed by atoms with van der Waals surface area (Å²) in [7, 11) is -4.17. The van der Waals surface area contributed by atoms with Gasteiger partial charge in [-0.1, -0.05) is 74.5 Å². The van der Waals surface area contributed by atoms with Crippen LogP contribution in [0.15, 0.2) is 88.8 Å². The van der Waals surface area contributed by atoms with Crippen LogP contribution in [0.4, 0.5) is 0 Å². The number of imidazole rings is 1. The van der Waals surface area contributed by atoms with Crippen LogP contribution in [0.25, 0.3) is 11.1 Å². The number of nitrogens with zero attached hydrogens (tertiary/aromatic N) is 2. The molecule has 1 aromatic heterocycles. The fraction of sp³-hybridized carbons (Fsp3) is 0.179. The first-order valence-electron chi connectivity index (χ1n) is 11.7.